The summed E-state index contributed by atoms with van der Waals surface area (Å²) < 4.78 is 0. The van der Waals surface area contributed by atoms with Gasteiger partial charge in [-0.1, -0.05) is 36.4 Å². The van der Waals surface area contributed by atoms with Crippen molar-refractivity contribution in [2.24, 2.45) is 0 Å². The van der Waals surface area contributed by atoms with Gasteiger partial charge in [0.2, 0.25) is 0 Å². The van der Waals surface area contributed by atoms with E-state index >= 15 is 0 Å². The summed E-state index contributed by atoms with van der Waals surface area (Å²) in [5.41, 5.74) is 9.88. The maximum Gasteiger partial charge on any atom is 0.0585 e. The molecule has 0 aliphatic rings. The second-order valence-electron chi connectivity index (χ2n) is 4.94. The molecule has 106 valence electrons. The van der Waals surface area contributed by atoms with E-state index in [1.165, 1.54) is 5.56 Å². The Kier molecular flexibility index (Phi) is 4.98. The standard InChI is InChI=1S/C16H22N4/c1-19(2)20(3)13-14-9-7-8-12-16(14)18-17-15-10-5-4-6-11-15/h4-12,17-18H,13H2,1-3H3. The van der Waals surface area contributed by atoms with Crippen molar-refractivity contribution in [1.82, 2.24) is 10.0 Å². The number of nitrogens with one attached hydrogen (secondary N) is 2. The molecule has 2 aromatic rings. The van der Waals surface area contributed by atoms with Gasteiger partial charge in [0, 0.05) is 27.7 Å². The van der Waals surface area contributed by atoms with Crippen LogP contribution in [0.25, 0.3) is 0 Å². The van der Waals surface area contributed by atoms with Gasteiger partial charge in [0.1, 0.15) is 0 Å². The molecule has 0 bridgehead atoms. The van der Waals surface area contributed by atoms with Crippen molar-refractivity contribution < 1.29 is 0 Å². The molecule has 20 heavy (non-hydrogen) atoms. The Labute approximate surface area is 121 Å². The lowest BCUT2D eigenvalue weighted by Gasteiger charge is -2.25. The summed E-state index contributed by atoms with van der Waals surface area (Å²) in [7, 11) is 6.15. The molecule has 0 saturated carbocycles. The predicted octanol–water partition coefficient (Wildman–Crippen LogP) is 3.03. The van der Waals surface area contributed by atoms with Crippen LogP contribution in [0.3, 0.4) is 0 Å². The fraction of sp³-hybridized carbons (Fsp3) is 0.250. The molecule has 2 N–H and O–H groups in total. The van der Waals surface area contributed by atoms with Crippen LogP contribution < -0.4 is 10.9 Å². The first kappa shape index (κ1) is 14.4. The van der Waals surface area contributed by atoms with Crippen LogP contribution in [0.15, 0.2) is 54.6 Å². The highest BCUT2D eigenvalue weighted by molar-refractivity contribution is 5.56. The summed E-state index contributed by atoms with van der Waals surface area (Å²) in [6, 6.07) is 18.4. The van der Waals surface area contributed by atoms with Gasteiger partial charge in [-0.15, -0.1) is 0 Å². The van der Waals surface area contributed by atoms with Gasteiger partial charge >= 0.3 is 0 Å². The van der Waals surface area contributed by atoms with Crippen LogP contribution in [0.2, 0.25) is 0 Å². The smallest absolute Gasteiger partial charge is 0.0585 e. The lowest BCUT2D eigenvalue weighted by Crippen LogP contribution is -2.32. The maximum absolute atomic E-state index is 3.28. The molecule has 0 spiro atoms. The third kappa shape index (κ3) is 3.98. The van der Waals surface area contributed by atoms with Gasteiger partial charge in [-0.05, 0) is 23.8 Å². The number of benzene rings is 2. The summed E-state index contributed by atoms with van der Waals surface area (Å²) in [5, 5.41) is 4.23. The normalized spacial score (nSPS) is 10.8. The van der Waals surface area contributed by atoms with E-state index in [1.54, 1.807) is 0 Å². The molecular weight excluding hydrogens is 248 g/mol. The van der Waals surface area contributed by atoms with Crippen LogP contribution in [0, 0.1) is 0 Å². The van der Waals surface area contributed by atoms with E-state index in [0.717, 1.165) is 17.9 Å². The van der Waals surface area contributed by atoms with Crippen LogP contribution in [0.5, 0.6) is 0 Å². The van der Waals surface area contributed by atoms with E-state index in [1.807, 2.05) is 50.5 Å². The first-order valence-electron chi connectivity index (χ1n) is 6.70. The summed E-state index contributed by atoms with van der Waals surface area (Å²) in [6.45, 7) is 0.854. The molecule has 0 amide bonds. The van der Waals surface area contributed by atoms with Crippen molar-refractivity contribution in [3.8, 4) is 0 Å². The van der Waals surface area contributed by atoms with Crippen molar-refractivity contribution in [3.05, 3.63) is 60.2 Å². The molecule has 0 aromatic heterocycles. The first-order valence-corrected chi connectivity index (χ1v) is 6.70. The molecular formula is C16H22N4. The van der Waals surface area contributed by atoms with Gasteiger partial charge in [-0.25, -0.2) is 10.0 Å². The quantitative estimate of drug-likeness (QED) is 0.790. The zero-order valence-corrected chi connectivity index (χ0v) is 12.3. The molecule has 0 saturated heterocycles. The Balaban J connectivity index is 2.04. The fourth-order valence-electron chi connectivity index (χ4n) is 1.83. The van der Waals surface area contributed by atoms with Gasteiger partial charge in [-0.2, -0.15) is 0 Å². The number of anilines is 2. The maximum atomic E-state index is 3.28. The molecule has 4 nitrogen and oxygen atoms in total. The molecule has 0 aliphatic carbocycles. The monoisotopic (exact) mass is 270 g/mol. The summed E-state index contributed by atoms with van der Waals surface area (Å²) in [6.07, 6.45) is 0. The van der Waals surface area contributed by atoms with Gasteiger partial charge in [-0.3, -0.25) is 0 Å². The summed E-state index contributed by atoms with van der Waals surface area (Å²) in [4.78, 5) is 0. The zero-order chi connectivity index (χ0) is 14.4. The van der Waals surface area contributed by atoms with E-state index in [4.69, 9.17) is 0 Å². The zero-order valence-electron chi connectivity index (χ0n) is 12.3. The highest BCUT2D eigenvalue weighted by Crippen LogP contribution is 2.17. The van der Waals surface area contributed by atoms with Crippen LogP contribution in [0.1, 0.15) is 5.56 Å². The topological polar surface area (TPSA) is 30.5 Å². The number of hydrogen-bond acceptors (Lipinski definition) is 4. The molecule has 0 heterocycles. The Bertz CT molecular complexity index is 525. The third-order valence-electron chi connectivity index (χ3n) is 3.21. The Hall–Kier alpha value is -2.04. The third-order valence-corrected chi connectivity index (χ3v) is 3.21. The lowest BCUT2D eigenvalue weighted by atomic mass is 10.2. The molecule has 0 aliphatic heterocycles. The average Bonchev–Trinajstić information content (AvgIpc) is 2.47. The SMILES string of the molecule is CN(C)N(C)Cc1ccccc1NNc1ccccc1. The van der Waals surface area contributed by atoms with Gasteiger partial charge < -0.3 is 10.9 Å². The molecule has 2 rings (SSSR count). The number of rotatable bonds is 6. The minimum atomic E-state index is 0.854. The number of hydrazine groups is 2. The lowest BCUT2D eigenvalue weighted by molar-refractivity contribution is 0.0478. The second kappa shape index (κ2) is 6.93. The van der Waals surface area contributed by atoms with E-state index in [-0.39, 0.29) is 0 Å². The van der Waals surface area contributed by atoms with E-state index in [0.29, 0.717) is 0 Å². The highest BCUT2D eigenvalue weighted by atomic mass is 15.6. The van der Waals surface area contributed by atoms with Crippen LogP contribution in [-0.4, -0.2) is 31.2 Å². The molecule has 0 radical (unpaired) electrons. The van der Waals surface area contributed by atoms with Crippen molar-refractivity contribution >= 4 is 11.4 Å². The summed E-state index contributed by atoms with van der Waals surface area (Å²) in [5.74, 6) is 0. The van der Waals surface area contributed by atoms with Crippen molar-refractivity contribution in [2.45, 2.75) is 6.54 Å². The van der Waals surface area contributed by atoms with Gasteiger partial charge in [0.05, 0.1) is 11.4 Å². The Morgan fingerprint density at radius 2 is 1.45 bits per heavy atom. The molecule has 2 aromatic carbocycles. The minimum Gasteiger partial charge on any atom is -0.301 e. The van der Waals surface area contributed by atoms with Crippen molar-refractivity contribution in [2.75, 3.05) is 32.0 Å². The highest BCUT2D eigenvalue weighted by Gasteiger charge is 2.06. The Morgan fingerprint density at radius 1 is 0.800 bits per heavy atom. The van der Waals surface area contributed by atoms with E-state index < -0.39 is 0 Å². The minimum absolute atomic E-state index is 0.854. The largest absolute Gasteiger partial charge is 0.301 e. The molecule has 0 fully saturated rings. The Morgan fingerprint density at radius 3 is 2.15 bits per heavy atom. The predicted molar refractivity (Wildman–Crippen MR) is 85.3 cm³/mol. The van der Waals surface area contributed by atoms with Crippen molar-refractivity contribution in [1.29, 1.82) is 0 Å². The first-order chi connectivity index (χ1) is 9.66. The average molecular weight is 270 g/mol. The van der Waals surface area contributed by atoms with Crippen molar-refractivity contribution in [3.63, 3.8) is 0 Å². The number of hydrogen-bond donors (Lipinski definition) is 2. The molecule has 0 atom stereocenters. The van der Waals surface area contributed by atoms with Crippen LogP contribution in [-0.2, 0) is 6.54 Å². The number of para-hydroxylation sites is 2. The van der Waals surface area contributed by atoms with Crippen LogP contribution in [0.4, 0.5) is 11.4 Å². The fourth-order valence-corrected chi connectivity index (χ4v) is 1.83. The number of nitrogens with zero attached hydrogens (tertiary/aromatic N) is 2. The van der Waals surface area contributed by atoms with Gasteiger partial charge in [0.25, 0.3) is 0 Å². The second-order valence-corrected chi connectivity index (χ2v) is 4.94. The van der Waals surface area contributed by atoms with Crippen LogP contribution >= 0.6 is 0 Å². The van der Waals surface area contributed by atoms with E-state index in [9.17, 15) is 0 Å². The van der Waals surface area contributed by atoms with Gasteiger partial charge in [0.15, 0.2) is 0 Å². The summed E-state index contributed by atoms with van der Waals surface area (Å²) >= 11 is 0. The molecule has 4 heteroatoms. The van der Waals surface area contributed by atoms with E-state index in [2.05, 4.69) is 46.1 Å². The molecule has 0 unspecified atom stereocenters.